The molecule has 0 unspecified atom stereocenters. The average molecular weight is 289 g/mol. The first kappa shape index (κ1) is 14.7. The third-order valence-electron chi connectivity index (χ3n) is 2.92. The molecule has 0 aliphatic rings. The van der Waals surface area contributed by atoms with Gasteiger partial charge in [0.15, 0.2) is 5.78 Å². The highest BCUT2D eigenvalue weighted by Gasteiger charge is 2.08. The van der Waals surface area contributed by atoms with Crippen molar-refractivity contribution >= 4 is 17.1 Å². The monoisotopic (exact) mass is 289 g/mol. The summed E-state index contributed by atoms with van der Waals surface area (Å²) in [6, 6.07) is 5.94. The van der Waals surface area contributed by atoms with E-state index in [1.807, 2.05) is 13.0 Å². The van der Waals surface area contributed by atoms with Gasteiger partial charge in [-0.05, 0) is 36.8 Å². The fraction of sp³-hybridized carbons (Fsp3) is 0.375. The zero-order valence-electron chi connectivity index (χ0n) is 11.7. The Balaban J connectivity index is 1.85. The van der Waals surface area contributed by atoms with Crippen molar-refractivity contribution in [1.29, 1.82) is 0 Å². The fourth-order valence-corrected chi connectivity index (χ4v) is 2.64. The van der Waals surface area contributed by atoms with Gasteiger partial charge in [0.05, 0.1) is 12.8 Å². The van der Waals surface area contributed by atoms with Crippen molar-refractivity contribution in [1.82, 2.24) is 4.98 Å². The molecular formula is C16H19NO2S. The third kappa shape index (κ3) is 4.46. The lowest BCUT2D eigenvalue weighted by Crippen LogP contribution is -2.02. The molecule has 106 valence electrons. The van der Waals surface area contributed by atoms with Crippen molar-refractivity contribution in [3.8, 4) is 5.75 Å². The van der Waals surface area contributed by atoms with Gasteiger partial charge in [0, 0.05) is 23.1 Å². The van der Waals surface area contributed by atoms with Gasteiger partial charge in [0.2, 0.25) is 0 Å². The predicted molar refractivity (Wildman–Crippen MR) is 81.6 cm³/mol. The minimum absolute atomic E-state index is 0.135. The number of ketones is 1. The van der Waals surface area contributed by atoms with E-state index in [0.29, 0.717) is 24.3 Å². The molecule has 2 rings (SSSR count). The number of thiophene rings is 1. The second kappa shape index (κ2) is 7.80. The van der Waals surface area contributed by atoms with Crippen LogP contribution in [0, 0.1) is 0 Å². The van der Waals surface area contributed by atoms with Crippen molar-refractivity contribution in [3.63, 3.8) is 0 Å². The standard InChI is InChI=1S/C16H19NO2S/c1-2-8-19-14-10-13(11-17-12-14)16(18)7-3-5-15-6-4-9-20-15/h4,6,9-12H,2-3,5,7-8H2,1H3. The number of rotatable bonds is 8. The summed E-state index contributed by atoms with van der Waals surface area (Å²) < 4.78 is 5.50. The maximum Gasteiger partial charge on any atom is 0.164 e. The van der Waals surface area contributed by atoms with Gasteiger partial charge >= 0.3 is 0 Å². The van der Waals surface area contributed by atoms with Crippen LogP contribution in [0.5, 0.6) is 5.75 Å². The van der Waals surface area contributed by atoms with Crippen molar-refractivity contribution in [2.24, 2.45) is 0 Å². The zero-order chi connectivity index (χ0) is 14.2. The Morgan fingerprint density at radius 2 is 2.30 bits per heavy atom. The number of Topliss-reactive ketones (excluding diaryl/α,β-unsaturated/α-hetero) is 1. The molecule has 0 aliphatic carbocycles. The van der Waals surface area contributed by atoms with Gasteiger partial charge in [0.25, 0.3) is 0 Å². The molecule has 0 atom stereocenters. The number of aromatic nitrogens is 1. The van der Waals surface area contributed by atoms with Crippen LogP contribution < -0.4 is 4.74 Å². The van der Waals surface area contributed by atoms with E-state index >= 15 is 0 Å². The summed E-state index contributed by atoms with van der Waals surface area (Å²) in [6.07, 6.45) is 6.60. The van der Waals surface area contributed by atoms with Crippen molar-refractivity contribution in [3.05, 3.63) is 46.4 Å². The lowest BCUT2D eigenvalue weighted by molar-refractivity contribution is 0.0979. The Labute approximate surface area is 123 Å². The first-order valence-corrected chi connectivity index (χ1v) is 7.81. The molecule has 3 nitrogen and oxygen atoms in total. The molecule has 0 bridgehead atoms. The van der Waals surface area contributed by atoms with E-state index in [9.17, 15) is 4.79 Å². The molecular weight excluding hydrogens is 270 g/mol. The predicted octanol–water partition coefficient (Wildman–Crippen LogP) is 4.14. The highest BCUT2D eigenvalue weighted by atomic mass is 32.1. The lowest BCUT2D eigenvalue weighted by atomic mass is 10.1. The van der Waals surface area contributed by atoms with Crippen LogP contribution >= 0.6 is 11.3 Å². The number of nitrogens with zero attached hydrogens (tertiary/aromatic N) is 1. The molecule has 0 saturated heterocycles. The van der Waals surface area contributed by atoms with Gasteiger partial charge in [0.1, 0.15) is 5.75 Å². The quantitative estimate of drug-likeness (QED) is 0.686. The normalized spacial score (nSPS) is 10.4. The smallest absolute Gasteiger partial charge is 0.164 e. The molecule has 0 radical (unpaired) electrons. The van der Waals surface area contributed by atoms with Gasteiger partial charge in [-0.1, -0.05) is 13.0 Å². The van der Waals surface area contributed by atoms with E-state index in [0.717, 1.165) is 19.3 Å². The van der Waals surface area contributed by atoms with E-state index in [4.69, 9.17) is 4.74 Å². The molecule has 2 aromatic heterocycles. The van der Waals surface area contributed by atoms with Crippen LogP contribution in [-0.4, -0.2) is 17.4 Å². The van der Waals surface area contributed by atoms with E-state index < -0.39 is 0 Å². The molecule has 0 N–H and O–H groups in total. The van der Waals surface area contributed by atoms with E-state index in [1.165, 1.54) is 4.88 Å². The minimum atomic E-state index is 0.135. The summed E-state index contributed by atoms with van der Waals surface area (Å²) in [5.74, 6) is 0.812. The number of pyridine rings is 1. The number of hydrogen-bond acceptors (Lipinski definition) is 4. The van der Waals surface area contributed by atoms with Crippen LogP contribution in [0.4, 0.5) is 0 Å². The van der Waals surface area contributed by atoms with Gasteiger partial charge in [-0.3, -0.25) is 9.78 Å². The van der Waals surface area contributed by atoms with Gasteiger partial charge in [-0.15, -0.1) is 11.3 Å². The van der Waals surface area contributed by atoms with E-state index in [-0.39, 0.29) is 5.78 Å². The summed E-state index contributed by atoms with van der Waals surface area (Å²) >= 11 is 1.74. The van der Waals surface area contributed by atoms with E-state index in [2.05, 4.69) is 16.4 Å². The molecule has 0 aromatic carbocycles. The molecule has 0 spiro atoms. The Morgan fingerprint density at radius 3 is 3.05 bits per heavy atom. The summed E-state index contributed by atoms with van der Waals surface area (Å²) in [5.41, 5.74) is 0.643. The third-order valence-corrected chi connectivity index (χ3v) is 3.85. The van der Waals surface area contributed by atoms with Crippen LogP contribution in [0.1, 0.15) is 41.4 Å². The largest absolute Gasteiger partial charge is 0.492 e. The fourth-order valence-electron chi connectivity index (χ4n) is 1.89. The Bertz CT molecular complexity index is 537. The number of ether oxygens (including phenoxy) is 1. The number of carbonyl (C=O) groups is 1. The summed E-state index contributed by atoms with van der Waals surface area (Å²) in [7, 11) is 0. The summed E-state index contributed by atoms with van der Waals surface area (Å²) in [6.45, 7) is 2.70. The molecule has 2 heterocycles. The van der Waals surface area contributed by atoms with Gasteiger partial charge in [-0.25, -0.2) is 0 Å². The molecule has 2 aromatic rings. The molecule has 0 fully saturated rings. The number of carbonyl (C=O) groups excluding carboxylic acids is 1. The molecule has 4 heteroatoms. The second-order valence-electron chi connectivity index (χ2n) is 4.61. The zero-order valence-corrected chi connectivity index (χ0v) is 12.5. The van der Waals surface area contributed by atoms with Crippen molar-refractivity contribution in [2.75, 3.05) is 6.61 Å². The Hall–Kier alpha value is -1.68. The Morgan fingerprint density at radius 1 is 1.40 bits per heavy atom. The summed E-state index contributed by atoms with van der Waals surface area (Å²) in [4.78, 5) is 17.5. The topological polar surface area (TPSA) is 39.2 Å². The number of hydrogen-bond donors (Lipinski definition) is 0. The van der Waals surface area contributed by atoms with Crippen molar-refractivity contribution < 1.29 is 9.53 Å². The van der Waals surface area contributed by atoms with E-state index in [1.54, 1.807) is 29.8 Å². The van der Waals surface area contributed by atoms with Gasteiger partial charge in [-0.2, -0.15) is 0 Å². The van der Waals surface area contributed by atoms with Crippen LogP contribution in [-0.2, 0) is 6.42 Å². The number of aryl methyl sites for hydroxylation is 1. The first-order chi connectivity index (χ1) is 9.79. The maximum atomic E-state index is 12.1. The highest BCUT2D eigenvalue weighted by Crippen LogP contribution is 2.16. The molecule has 0 saturated carbocycles. The lowest BCUT2D eigenvalue weighted by Gasteiger charge is -2.05. The van der Waals surface area contributed by atoms with Gasteiger partial charge < -0.3 is 4.74 Å². The van der Waals surface area contributed by atoms with Crippen LogP contribution in [0.25, 0.3) is 0 Å². The van der Waals surface area contributed by atoms with Crippen molar-refractivity contribution in [2.45, 2.75) is 32.6 Å². The summed E-state index contributed by atoms with van der Waals surface area (Å²) in [5, 5.41) is 2.07. The molecule has 0 amide bonds. The van der Waals surface area contributed by atoms with Crippen LogP contribution in [0.2, 0.25) is 0 Å². The average Bonchev–Trinajstić information content (AvgIpc) is 2.98. The SMILES string of the molecule is CCCOc1cncc(C(=O)CCCc2cccs2)c1. The molecule has 0 aliphatic heterocycles. The first-order valence-electron chi connectivity index (χ1n) is 6.93. The minimum Gasteiger partial charge on any atom is -0.492 e. The highest BCUT2D eigenvalue weighted by molar-refractivity contribution is 7.09. The molecule has 20 heavy (non-hydrogen) atoms. The maximum absolute atomic E-state index is 12.1. The van der Waals surface area contributed by atoms with Crippen LogP contribution in [0.15, 0.2) is 36.0 Å². The Kier molecular flexibility index (Phi) is 5.74. The second-order valence-corrected chi connectivity index (χ2v) is 5.65. The van der Waals surface area contributed by atoms with Crippen LogP contribution in [0.3, 0.4) is 0 Å².